The van der Waals surface area contributed by atoms with Crippen LogP contribution in [-0.4, -0.2) is 16.2 Å². The van der Waals surface area contributed by atoms with Crippen LogP contribution in [0, 0.1) is 0 Å². The molecule has 0 saturated heterocycles. The third-order valence-electron chi connectivity index (χ3n) is 2.45. The van der Waals surface area contributed by atoms with Crippen molar-refractivity contribution in [3.63, 3.8) is 0 Å². The Kier molecular flexibility index (Phi) is 4.47. The fourth-order valence-electron chi connectivity index (χ4n) is 1.68. The van der Waals surface area contributed by atoms with Crippen molar-refractivity contribution in [1.29, 1.82) is 0 Å². The van der Waals surface area contributed by atoms with Gasteiger partial charge in [0.2, 0.25) is 0 Å². The highest BCUT2D eigenvalue weighted by atomic mass is 35.5. The standard InChI is InChI=1S/C13H14Cl2N2O2/c1-7(2)19-17-12-5-9(6-18)16-11-4-8(14)3-10(15)13(11)12/h3-5,7,18H,6H2,1-2H3,(H,16,17). The van der Waals surface area contributed by atoms with E-state index in [-0.39, 0.29) is 12.7 Å². The summed E-state index contributed by atoms with van der Waals surface area (Å²) >= 11 is 12.2. The van der Waals surface area contributed by atoms with Crippen molar-refractivity contribution in [2.75, 3.05) is 5.48 Å². The van der Waals surface area contributed by atoms with Crippen LogP contribution in [0.15, 0.2) is 18.2 Å². The fraction of sp³-hybridized carbons (Fsp3) is 0.308. The molecule has 0 fully saturated rings. The molecule has 1 aromatic heterocycles. The topological polar surface area (TPSA) is 54.4 Å². The zero-order chi connectivity index (χ0) is 14.0. The van der Waals surface area contributed by atoms with Gasteiger partial charge in [0.05, 0.1) is 34.6 Å². The molecule has 2 N–H and O–H groups in total. The quantitative estimate of drug-likeness (QED) is 0.844. The number of anilines is 1. The Hall–Kier alpha value is -1.07. The number of halogens is 2. The molecular weight excluding hydrogens is 287 g/mol. The summed E-state index contributed by atoms with van der Waals surface area (Å²) in [7, 11) is 0. The largest absolute Gasteiger partial charge is 0.390 e. The van der Waals surface area contributed by atoms with E-state index in [0.717, 1.165) is 0 Å². The molecule has 0 radical (unpaired) electrons. The normalized spacial score (nSPS) is 11.3. The molecule has 0 aliphatic carbocycles. The monoisotopic (exact) mass is 300 g/mol. The van der Waals surface area contributed by atoms with Gasteiger partial charge in [0, 0.05) is 10.4 Å². The van der Waals surface area contributed by atoms with Gasteiger partial charge in [0.1, 0.15) is 0 Å². The van der Waals surface area contributed by atoms with Crippen molar-refractivity contribution in [2.24, 2.45) is 0 Å². The van der Waals surface area contributed by atoms with Crippen molar-refractivity contribution >= 4 is 39.8 Å². The minimum absolute atomic E-state index is 0.00636. The lowest BCUT2D eigenvalue weighted by molar-refractivity contribution is 0.131. The maximum absolute atomic E-state index is 9.24. The van der Waals surface area contributed by atoms with Crippen LogP contribution in [0.3, 0.4) is 0 Å². The minimum Gasteiger partial charge on any atom is -0.390 e. The first-order valence-corrected chi connectivity index (χ1v) is 6.58. The highest BCUT2D eigenvalue weighted by Gasteiger charge is 2.11. The fourth-order valence-corrected chi connectivity index (χ4v) is 2.27. The van der Waals surface area contributed by atoms with E-state index >= 15 is 0 Å². The molecule has 0 bridgehead atoms. The van der Waals surface area contributed by atoms with Gasteiger partial charge in [-0.25, -0.2) is 0 Å². The van der Waals surface area contributed by atoms with Gasteiger partial charge < -0.3 is 5.11 Å². The SMILES string of the molecule is CC(C)ONc1cc(CO)nc2cc(Cl)cc(Cl)c12. The molecule has 1 aromatic carbocycles. The van der Waals surface area contributed by atoms with E-state index in [4.69, 9.17) is 28.0 Å². The van der Waals surface area contributed by atoms with Gasteiger partial charge in [0.15, 0.2) is 0 Å². The molecule has 0 atom stereocenters. The van der Waals surface area contributed by atoms with Crippen LogP contribution in [0.4, 0.5) is 5.69 Å². The first-order chi connectivity index (χ1) is 9.01. The number of nitrogens with zero attached hydrogens (tertiary/aromatic N) is 1. The first-order valence-electron chi connectivity index (χ1n) is 5.82. The first kappa shape index (κ1) is 14.3. The molecule has 0 aliphatic heterocycles. The predicted octanol–water partition coefficient (Wildman–Crippen LogP) is 3.79. The van der Waals surface area contributed by atoms with E-state index in [2.05, 4.69) is 10.5 Å². The second-order valence-electron chi connectivity index (χ2n) is 4.37. The van der Waals surface area contributed by atoms with Crippen molar-refractivity contribution in [1.82, 2.24) is 4.98 Å². The van der Waals surface area contributed by atoms with Crippen LogP contribution in [0.2, 0.25) is 10.0 Å². The second kappa shape index (κ2) is 5.92. The maximum Gasteiger partial charge on any atom is 0.0854 e. The van der Waals surface area contributed by atoms with Crippen LogP contribution < -0.4 is 5.48 Å². The summed E-state index contributed by atoms with van der Waals surface area (Å²) in [6.45, 7) is 3.64. The third kappa shape index (κ3) is 3.28. The molecule has 0 spiro atoms. The van der Waals surface area contributed by atoms with Gasteiger partial charge in [-0.05, 0) is 32.0 Å². The molecule has 1 heterocycles. The summed E-state index contributed by atoms with van der Waals surface area (Å²) in [5.41, 5.74) is 4.62. The highest BCUT2D eigenvalue weighted by Crippen LogP contribution is 2.33. The lowest BCUT2D eigenvalue weighted by Crippen LogP contribution is -2.10. The molecule has 0 unspecified atom stereocenters. The average molecular weight is 301 g/mol. The number of hydrogen-bond donors (Lipinski definition) is 2. The zero-order valence-electron chi connectivity index (χ0n) is 10.6. The van der Waals surface area contributed by atoms with E-state index in [0.29, 0.717) is 32.3 Å². The van der Waals surface area contributed by atoms with Gasteiger partial charge in [-0.3, -0.25) is 15.3 Å². The van der Waals surface area contributed by atoms with Gasteiger partial charge in [-0.2, -0.15) is 0 Å². The molecule has 2 aromatic rings. The predicted molar refractivity (Wildman–Crippen MR) is 77.5 cm³/mol. The summed E-state index contributed by atoms with van der Waals surface area (Å²) in [4.78, 5) is 9.66. The molecule has 2 rings (SSSR count). The number of pyridine rings is 1. The average Bonchev–Trinajstić information content (AvgIpc) is 2.34. The molecule has 102 valence electrons. The van der Waals surface area contributed by atoms with Crippen LogP contribution in [0.1, 0.15) is 19.5 Å². The summed E-state index contributed by atoms with van der Waals surface area (Å²) in [6, 6.07) is 5.04. The Balaban J connectivity index is 2.58. The Morgan fingerprint density at radius 2 is 2.05 bits per heavy atom. The molecule has 0 amide bonds. The van der Waals surface area contributed by atoms with Gasteiger partial charge in [0.25, 0.3) is 0 Å². The number of benzene rings is 1. The maximum atomic E-state index is 9.24. The number of nitrogens with one attached hydrogen (secondary N) is 1. The summed E-state index contributed by atoms with van der Waals surface area (Å²) in [5, 5.41) is 10.9. The number of aromatic nitrogens is 1. The molecule has 6 heteroatoms. The lowest BCUT2D eigenvalue weighted by atomic mass is 10.1. The zero-order valence-corrected chi connectivity index (χ0v) is 12.1. The van der Waals surface area contributed by atoms with E-state index in [9.17, 15) is 5.11 Å². The Labute approximate surface area is 121 Å². The van der Waals surface area contributed by atoms with E-state index in [1.807, 2.05) is 13.8 Å². The molecule has 0 aliphatic rings. The number of aliphatic hydroxyl groups excluding tert-OH is 1. The van der Waals surface area contributed by atoms with Gasteiger partial charge >= 0.3 is 0 Å². The smallest absolute Gasteiger partial charge is 0.0854 e. The lowest BCUT2D eigenvalue weighted by Gasteiger charge is -2.14. The molecule has 19 heavy (non-hydrogen) atoms. The van der Waals surface area contributed by atoms with Crippen LogP contribution in [-0.2, 0) is 11.4 Å². The molecular formula is C13H14Cl2N2O2. The Morgan fingerprint density at radius 3 is 2.68 bits per heavy atom. The van der Waals surface area contributed by atoms with Crippen LogP contribution in [0.5, 0.6) is 0 Å². The number of rotatable bonds is 4. The van der Waals surface area contributed by atoms with E-state index in [1.54, 1.807) is 18.2 Å². The van der Waals surface area contributed by atoms with E-state index < -0.39 is 0 Å². The molecule has 0 saturated carbocycles. The van der Waals surface area contributed by atoms with Crippen molar-refractivity contribution in [2.45, 2.75) is 26.6 Å². The number of fused-ring (bicyclic) bond motifs is 1. The van der Waals surface area contributed by atoms with Gasteiger partial charge in [-0.1, -0.05) is 23.2 Å². The molecule has 4 nitrogen and oxygen atoms in total. The minimum atomic E-state index is -0.170. The summed E-state index contributed by atoms with van der Waals surface area (Å²) < 4.78 is 0. The van der Waals surface area contributed by atoms with Crippen molar-refractivity contribution < 1.29 is 9.94 Å². The Morgan fingerprint density at radius 1 is 1.32 bits per heavy atom. The van der Waals surface area contributed by atoms with Crippen LogP contribution in [0.25, 0.3) is 10.9 Å². The van der Waals surface area contributed by atoms with Gasteiger partial charge in [-0.15, -0.1) is 0 Å². The third-order valence-corrected chi connectivity index (χ3v) is 2.96. The number of hydrogen-bond acceptors (Lipinski definition) is 4. The van der Waals surface area contributed by atoms with E-state index in [1.165, 1.54) is 0 Å². The van der Waals surface area contributed by atoms with Crippen molar-refractivity contribution in [3.8, 4) is 0 Å². The summed E-state index contributed by atoms with van der Waals surface area (Å²) in [5.74, 6) is 0. The summed E-state index contributed by atoms with van der Waals surface area (Å²) in [6.07, 6.45) is 0.00636. The Bertz CT molecular complexity index is 603. The van der Waals surface area contributed by atoms with Crippen LogP contribution >= 0.6 is 23.2 Å². The second-order valence-corrected chi connectivity index (χ2v) is 5.21. The number of aliphatic hydroxyl groups is 1. The highest BCUT2D eigenvalue weighted by molar-refractivity contribution is 6.39. The van der Waals surface area contributed by atoms with Crippen molar-refractivity contribution in [3.05, 3.63) is 33.9 Å².